The van der Waals surface area contributed by atoms with Gasteiger partial charge < -0.3 is 14.4 Å². The van der Waals surface area contributed by atoms with Crippen LogP contribution in [0.1, 0.15) is 31.1 Å². The number of nitrogens with zero attached hydrogens (tertiary/aromatic N) is 3. The molecular weight excluding hydrogens is 270 g/mol. The molecule has 1 aromatic rings. The van der Waals surface area contributed by atoms with Crippen LogP contribution in [0.5, 0.6) is 0 Å². The Kier molecular flexibility index (Phi) is 3.04. The fraction of sp³-hybridized carbons (Fsp3) is 0.733. The number of aliphatic carboxylic acids is 1. The van der Waals surface area contributed by atoms with Gasteiger partial charge in [-0.1, -0.05) is 0 Å². The third-order valence-corrected chi connectivity index (χ3v) is 5.22. The van der Waals surface area contributed by atoms with E-state index < -0.39 is 11.4 Å². The Morgan fingerprint density at radius 2 is 2.33 bits per heavy atom. The molecule has 2 atom stereocenters. The van der Waals surface area contributed by atoms with E-state index in [9.17, 15) is 9.90 Å². The first-order valence-corrected chi connectivity index (χ1v) is 7.74. The molecule has 0 aromatic carbocycles. The van der Waals surface area contributed by atoms with Gasteiger partial charge in [0, 0.05) is 38.1 Å². The summed E-state index contributed by atoms with van der Waals surface area (Å²) in [5, 5.41) is 9.67. The molecule has 3 aliphatic rings. The first kappa shape index (κ1) is 13.3. The van der Waals surface area contributed by atoms with E-state index in [4.69, 9.17) is 4.74 Å². The Morgan fingerprint density at radius 1 is 1.48 bits per heavy atom. The molecule has 0 amide bonds. The second-order valence-electron chi connectivity index (χ2n) is 6.65. The fourth-order valence-corrected chi connectivity index (χ4v) is 3.87. The van der Waals surface area contributed by atoms with E-state index in [2.05, 4.69) is 14.5 Å². The first-order valence-electron chi connectivity index (χ1n) is 7.74. The monoisotopic (exact) mass is 291 g/mol. The van der Waals surface area contributed by atoms with Crippen molar-refractivity contribution in [3.05, 3.63) is 18.2 Å². The Morgan fingerprint density at radius 3 is 3.05 bits per heavy atom. The smallest absolute Gasteiger partial charge is 0.313 e. The molecule has 4 rings (SSSR count). The van der Waals surface area contributed by atoms with Crippen molar-refractivity contribution in [2.45, 2.75) is 31.8 Å². The van der Waals surface area contributed by atoms with Crippen molar-refractivity contribution in [1.82, 2.24) is 14.5 Å². The molecule has 1 N–H and O–H groups in total. The zero-order chi connectivity index (χ0) is 14.4. The average Bonchev–Trinajstić information content (AvgIpc) is 3.08. The van der Waals surface area contributed by atoms with Crippen LogP contribution in [-0.4, -0.2) is 51.8 Å². The fourth-order valence-electron chi connectivity index (χ4n) is 3.87. The summed E-state index contributed by atoms with van der Waals surface area (Å²) in [6.45, 7) is 3.19. The largest absolute Gasteiger partial charge is 0.481 e. The maximum Gasteiger partial charge on any atom is 0.313 e. The summed E-state index contributed by atoms with van der Waals surface area (Å²) < 4.78 is 7.73. The summed E-state index contributed by atoms with van der Waals surface area (Å²) in [5.41, 5.74) is -0.713. The molecule has 0 radical (unpaired) electrons. The second-order valence-corrected chi connectivity index (χ2v) is 6.65. The Bertz CT molecular complexity index is 554. The molecule has 6 heteroatoms. The molecule has 2 aliphatic heterocycles. The molecule has 3 fully saturated rings. The third kappa shape index (κ3) is 2.17. The van der Waals surface area contributed by atoms with Crippen molar-refractivity contribution >= 4 is 5.97 Å². The van der Waals surface area contributed by atoms with Crippen LogP contribution in [0.2, 0.25) is 0 Å². The number of carbonyl (C=O) groups is 1. The molecule has 0 spiro atoms. The van der Waals surface area contributed by atoms with Gasteiger partial charge in [0.1, 0.15) is 11.2 Å². The molecule has 0 bridgehead atoms. The van der Waals surface area contributed by atoms with Crippen molar-refractivity contribution in [2.75, 3.05) is 26.3 Å². The number of rotatable bonds is 4. The predicted molar refractivity (Wildman–Crippen MR) is 74.8 cm³/mol. The van der Waals surface area contributed by atoms with Crippen LogP contribution >= 0.6 is 0 Å². The van der Waals surface area contributed by atoms with Crippen LogP contribution in [0.3, 0.4) is 0 Å². The lowest BCUT2D eigenvalue weighted by atomic mass is 9.76. The molecule has 3 heterocycles. The van der Waals surface area contributed by atoms with Gasteiger partial charge in [-0.2, -0.15) is 0 Å². The lowest BCUT2D eigenvalue weighted by Crippen LogP contribution is -2.46. The second kappa shape index (κ2) is 4.81. The summed E-state index contributed by atoms with van der Waals surface area (Å²) in [6, 6.07) is 0.615. The third-order valence-electron chi connectivity index (χ3n) is 5.22. The molecule has 21 heavy (non-hydrogen) atoms. The van der Waals surface area contributed by atoms with Gasteiger partial charge >= 0.3 is 5.97 Å². The van der Waals surface area contributed by atoms with Crippen LogP contribution < -0.4 is 0 Å². The number of hydrogen-bond donors (Lipinski definition) is 1. The molecule has 114 valence electrons. The number of imidazole rings is 1. The van der Waals surface area contributed by atoms with Gasteiger partial charge in [-0.25, -0.2) is 4.98 Å². The van der Waals surface area contributed by atoms with Gasteiger partial charge in [0.15, 0.2) is 0 Å². The molecule has 1 aliphatic carbocycles. The lowest BCUT2D eigenvalue weighted by molar-refractivity contribution is -0.159. The van der Waals surface area contributed by atoms with E-state index in [0.29, 0.717) is 25.8 Å². The van der Waals surface area contributed by atoms with Crippen LogP contribution in [0.15, 0.2) is 12.4 Å². The maximum absolute atomic E-state index is 11.8. The topological polar surface area (TPSA) is 67.6 Å². The van der Waals surface area contributed by atoms with Crippen molar-refractivity contribution in [2.24, 2.45) is 11.3 Å². The molecular formula is C15H21N3O3. The predicted octanol–water partition coefficient (Wildman–Crippen LogP) is 1.14. The summed E-state index contributed by atoms with van der Waals surface area (Å²) in [7, 11) is 0. The number of ether oxygens (including phenoxy) is 1. The van der Waals surface area contributed by atoms with Crippen molar-refractivity contribution < 1.29 is 14.6 Å². The highest BCUT2D eigenvalue weighted by Gasteiger charge is 2.54. The highest BCUT2D eigenvalue weighted by Crippen LogP contribution is 2.42. The zero-order valence-electron chi connectivity index (χ0n) is 12.1. The van der Waals surface area contributed by atoms with Gasteiger partial charge in [-0.15, -0.1) is 0 Å². The number of carboxylic acid groups (broad SMARTS) is 1. The van der Waals surface area contributed by atoms with Gasteiger partial charge in [0.25, 0.3) is 0 Å². The van der Waals surface area contributed by atoms with Gasteiger partial charge in [-0.3, -0.25) is 9.69 Å². The van der Waals surface area contributed by atoms with E-state index in [1.165, 1.54) is 12.8 Å². The van der Waals surface area contributed by atoms with E-state index in [0.717, 1.165) is 25.3 Å². The highest BCUT2D eigenvalue weighted by atomic mass is 16.5. The summed E-state index contributed by atoms with van der Waals surface area (Å²) in [6.07, 6.45) is 7.22. The highest BCUT2D eigenvalue weighted by molar-refractivity contribution is 5.76. The number of fused-ring (bicyclic) bond motifs is 1. The Balaban J connectivity index is 1.52. The van der Waals surface area contributed by atoms with Crippen LogP contribution in [-0.2, 0) is 16.1 Å². The first-order chi connectivity index (χ1) is 10.2. The van der Waals surface area contributed by atoms with Gasteiger partial charge in [0.05, 0.1) is 13.2 Å². The van der Waals surface area contributed by atoms with Crippen molar-refractivity contribution in [1.29, 1.82) is 0 Å². The van der Waals surface area contributed by atoms with E-state index in [1.807, 2.05) is 12.4 Å². The maximum atomic E-state index is 11.8. The number of aromatic nitrogens is 2. The van der Waals surface area contributed by atoms with Crippen molar-refractivity contribution in [3.8, 4) is 0 Å². The van der Waals surface area contributed by atoms with Gasteiger partial charge in [-0.05, 0) is 25.2 Å². The van der Waals surface area contributed by atoms with E-state index in [1.54, 1.807) is 0 Å². The molecule has 1 aromatic heterocycles. The minimum Gasteiger partial charge on any atom is -0.481 e. The molecule has 1 saturated carbocycles. The SMILES string of the molecule is O=C(O)[C@]12COCC[C@H]1CN(Cc1nccn1C1CC1)C2. The number of hydrogen-bond acceptors (Lipinski definition) is 4. The normalized spacial score (nSPS) is 33.0. The van der Waals surface area contributed by atoms with E-state index in [-0.39, 0.29) is 5.92 Å². The average molecular weight is 291 g/mol. The van der Waals surface area contributed by atoms with Crippen LogP contribution in [0.4, 0.5) is 0 Å². The van der Waals surface area contributed by atoms with Crippen LogP contribution in [0.25, 0.3) is 0 Å². The van der Waals surface area contributed by atoms with Crippen molar-refractivity contribution in [3.63, 3.8) is 0 Å². The quantitative estimate of drug-likeness (QED) is 0.901. The molecule has 2 saturated heterocycles. The van der Waals surface area contributed by atoms with Crippen LogP contribution in [0, 0.1) is 11.3 Å². The number of carboxylic acids is 1. The van der Waals surface area contributed by atoms with Gasteiger partial charge in [0.2, 0.25) is 0 Å². The summed E-state index contributed by atoms with van der Waals surface area (Å²) in [5.74, 6) is 0.561. The number of likely N-dealkylation sites (tertiary alicyclic amines) is 1. The summed E-state index contributed by atoms with van der Waals surface area (Å²) in [4.78, 5) is 18.5. The zero-order valence-corrected chi connectivity index (χ0v) is 12.1. The summed E-state index contributed by atoms with van der Waals surface area (Å²) >= 11 is 0. The molecule has 0 unspecified atom stereocenters. The Labute approximate surface area is 123 Å². The Hall–Kier alpha value is -1.40. The minimum absolute atomic E-state index is 0.202. The molecule has 6 nitrogen and oxygen atoms in total. The minimum atomic E-state index is -0.713. The van der Waals surface area contributed by atoms with E-state index >= 15 is 0 Å². The lowest BCUT2D eigenvalue weighted by Gasteiger charge is -2.34. The standard InChI is InChI=1S/C15H21N3O3/c19-14(20)15-9-17(7-11(15)3-6-21-10-15)8-13-16-4-5-18(13)12-1-2-12/h4-5,11-12H,1-3,6-10H2,(H,19,20)/t11-,15+/m0/s1.